The third kappa shape index (κ3) is 2.73. The molecule has 1 unspecified atom stereocenters. The Morgan fingerprint density at radius 2 is 2.10 bits per heavy atom. The highest BCUT2D eigenvalue weighted by Crippen LogP contribution is 2.27. The molecular weight excluding hydrogens is 250 g/mol. The number of hydrogen-bond donors (Lipinski definition) is 1. The monoisotopic (exact) mass is 267 g/mol. The number of aliphatic hydroxyl groups excluding tert-OH is 1. The summed E-state index contributed by atoms with van der Waals surface area (Å²) in [6.07, 6.45) is 2.52. The summed E-state index contributed by atoms with van der Waals surface area (Å²) in [5.74, 6) is 0.626. The van der Waals surface area contributed by atoms with Crippen LogP contribution < -0.4 is 0 Å². The van der Waals surface area contributed by atoms with E-state index in [2.05, 4.69) is 11.1 Å². The van der Waals surface area contributed by atoms with Gasteiger partial charge < -0.3 is 9.52 Å². The molecule has 20 heavy (non-hydrogen) atoms. The summed E-state index contributed by atoms with van der Waals surface area (Å²) in [5, 5.41) is 11.3. The highest BCUT2D eigenvalue weighted by molar-refractivity contribution is 5.78. The molecule has 3 rings (SSSR count). The molecule has 3 aromatic rings. The lowest BCUT2D eigenvalue weighted by Crippen LogP contribution is -1.99. The lowest BCUT2D eigenvalue weighted by atomic mass is 10.1. The largest absolute Gasteiger partial charge is 0.458 e. The van der Waals surface area contributed by atoms with E-state index >= 15 is 0 Å². The number of aryl methyl sites for hydroxylation is 2. The van der Waals surface area contributed by atoms with Crippen molar-refractivity contribution < 1.29 is 9.52 Å². The minimum absolute atomic E-state index is 0.593. The molecule has 0 spiro atoms. The Kier molecular flexibility index (Phi) is 3.52. The van der Waals surface area contributed by atoms with Crippen molar-refractivity contribution in [3.8, 4) is 0 Å². The van der Waals surface area contributed by atoms with Crippen LogP contribution in [0.3, 0.4) is 0 Å². The predicted molar refractivity (Wildman–Crippen MR) is 78.5 cm³/mol. The van der Waals surface area contributed by atoms with Gasteiger partial charge in [-0.25, -0.2) is 0 Å². The molecule has 2 heterocycles. The van der Waals surface area contributed by atoms with Crippen molar-refractivity contribution in [3.63, 3.8) is 0 Å². The van der Waals surface area contributed by atoms with E-state index in [1.165, 1.54) is 5.56 Å². The van der Waals surface area contributed by atoms with Gasteiger partial charge in [0.25, 0.3) is 0 Å². The maximum Gasteiger partial charge on any atom is 0.134 e. The molecule has 0 aliphatic heterocycles. The van der Waals surface area contributed by atoms with Gasteiger partial charge in [-0.3, -0.25) is 4.98 Å². The topological polar surface area (TPSA) is 46.3 Å². The minimum Gasteiger partial charge on any atom is -0.458 e. The van der Waals surface area contributed by atoms with E-state index in [0.717, 1.165) is 23.1 Å². The standard InChI is InChI=1S/C17H17NO2/c1-12-5-8-16-13(10-12)11-17(20-16)15(19)7-6-14-4-2-3-9-18-14/h2-5,8-11,15,19H,6-7H2,1H3. The van der Waals surface area contributed by atoms with E-state index in [1.807, 2.05) is 43.3 Å². The van der Waals surface area contributed by atoms with E-state index in [1.54, 1.807) is 6.20 Å². The summed E-state index contributed by atoms with van der Waals surface area (Å²) < 4.78 is 5.70. The van der Waals surface area contributed by atoms with Gasteiger partial charge in [0, 0.05) is 17.3 Å². The number of aromatic nitrogens is 1. The summed E-state index contributed by atoms with van der Waals surface area (Å²) in [6.45, 7) is 2.05. The lowest BCUT2D eigenvalue weighted by molar-refractivity contribution is 0.142. The number of benzene rings is 1. The molecule has 0 amide bonds. The third-order valence-corrected chi connectivity index (χ3v) is 3.42. The zero-order valence-corrected chi connectivity index (χ0v) is 11.4. The normalized spacial score (nSPS) is 12.7. The van der Waals surface area contributed by atoms with Gasteiger partial charge in [0.2, 0.25) is 0 Å². The van der Waals surface area contributed by atoms with Crippen molar-refractivity contribution in [1.82, 2.24) is 4.98 Å². The molecule has 102 valence electrons. The Morgan fingerprint density at radius 3 is 2.90 bits per heavy atom. The molecular formula is C17H17NO2. The highest BCUT2D eigenvalue weighted by Gasteiger charge is 2.13. The maximum atomic E-state index is 10.2. The van der Waals surface area contributed by atoms with Gasteiger partial charge in [0.15, 0.2) is 0 Å². The first-order valence-corrected chi connectivity index (χ1v) is 6.80. The minimum atomic E-state index is -0.593. The Hall–Kier alpha value is -2.13. The fourth-order valence-electron chi connectivity index (χ4n) is 2.32. The second kappa shape index (κ2) is 5.47. The van der Waals surface area contributed by atoms with Crippen LogP contribution in [-0.2, 0) is 6.42 Å². The molecule has 1 aromatic carbocycles. The molecule has 0 aliphatic rings. The summed E-state index contributed by atoms with van der Waals surface area (Å²) in [6, 6.07) is 13.8. The van der Waals surface area contributed by atoms with E-state index in [9.17, 15) is 5.11 Å². The van der Waals surface area contributed by atoms with Crippen molar-refractivity contribution in [2.24, 2.45) is 0 Å². The predicted octanol–water partition coefficient (Wildman–Crippen LogP) is 3.80. The van der Waals surface area contributed by atoms with E-state index in [-0.39, 0.29) is 0 Å². The number of aliphatic hydroxyl groups is 1. The maximum absolute atomic E-state index is 10.2. The van der Waals surface area contributed by atoms with E-state index in [0.29, 0.717) is 12.2 Å². The molecule has 2 aromatic heterocycles. The molecule has 0 saturated carbocycles. The number of furan rings is 1. The SMILES string of the molecule is Cc1ccc2oc(C(O)CCc3ccccn3)cc2c1. The second-order valence-electron chi connectivity index (χ2n) is 5.07. The fourth-order valence-corrected chi connectivity index (χ4v) is 2.32. The van der Waals surface area contributed by atoms with Gasteiger partial charge in [0.1, 0.15) is 17.4 Å². The Morgan fingerprint density at radius 1 is 1.20 bits per heavy atom. The van der Waals surface area contributed by atoms with Crippen LogP contribution in [0.5, 0.6) is 0 Å². The van der Waals surface area contributed by atoms with Gasteiger partial charge in [-0.1, -0.05) is 17.7 Å². The molecule has 1 atom stereocenters. The van der Waals surface area contributed by atoms with Crippen molar-refractivity contribution >= 4 is 11.0 Å². The van der Waals surface area contributed by atoms with Crippen LogP contribution in [0.2, 0.25) is 0 Å². The third-order valence-electron chi connectivity index (χ3n) is 3.42. The highest BCUT2D eigenvalue weighted by atomic mass is 16.4. The number of rotatable bonds is 4. The van der Waals surface area contributed by atoms with Crippen LogP contribution in [0, 0.1) is 6.92 Å². The van der Waals surface area contributed by atoms with Crippen molar-refractivity contribution in [1.29, 1.82) is 0 Å². The quantitative estimate of drug-likeness (QED) is 0.782. The second-order valence-corrected chi connectivity index (χ2v) is 5.07. The molecule has 0 bridgehead atoms. The van der Waals surface area contributed by atoms with Crippen molar-refractivity contribution in [3.05, 3.63) is 65.7 Å². The Balaban J connectivity index is 1.73. The smallest absolute Gasteiger partial charge is 0.134 e. The molecule has 0 radical (unpaired) electrons. The van der Waals surface area contributed by atoms with Crippen LogP contribution in [0.1, 0.15) is 29.5 Å². The van der Waals surface area contributed by atoms with Crippen LogP contribution in [-0.4, -0.2) is 10.1 Å². The molecule has 0 fully saturated rings. The fraction of sp³-hybridized carbons (Fsp3) is 0.235. The number of nitrogens with zero attached hydrogens (tertiary/aromatic N) is 1. The van der Waals surface area contributed by atoms with Crippen molar-refractivity contribution in [2.75, 3.05) is 0 Å². The van der Waals surface area contributed by atoms with Gasteiger partial charge in [-0.05, 0) is 50.1 Å². The average molecular weight is 267 g/mol. The van der Waals surface area contributed by atoms with Gasteiger partial charge in [-0.15, -0.1) is 0 Å². The van der Waals surface area contributed by atoms with Crippen LogP contribution >= 0.6 is 0 Å². The van der Waals surface area contributed by atoms with Gasteiger partial charge >= 0.3 is 0 Å². The zero-order valence-electron chi connectivity index (χ0n) is 11.4. The number of hydrogen-bond acceptors (Lipinski definition) is 3. The van der Waals surface area contributed by atoms with E-state index < -0.39 is 6.10 Å². The molecule has 3 heteroatoms. The van der Waals surface area contributed by atoms with Crippen LogP contribution in [0.25, 0.3) is 11.0 Å². The molecule has 0 aliphatic carbocycles. The Labute approximate surface area is 117 Å². The summed E-state index contributed by atoms with van der Waals surface area (Å²) in [4.78, 5) is 4.26. The summed E-state index contributed by atoms with van der Waals surface area (Å²) in [7, 11) is 0. The number of pyridine rings is 1. The first kappa shape index (κ1) is 12.9. The Bertz CT molecular complexity index is 703. The summed E-state index contributed by atoms with van der Waals surface area (Å²) in [5.41, 5.74) is 2.99. The molecule has 3 nitrogen and oxygen atoms in total. The van der Waals surface area contributed by atoms with Crippen LogP contribution in [0.4, 0.5) is 0 Å². The van der Waals surface area contributed by atoms with E-state index in [4.69, 9.17) is 4.42 Å². The first-order valence-electron chi connectivity index (χ1n) is 6.80. The van der Waals surface area contributed by atoms with Crippen LogP contribution in [0.15, 0.2) is 53.1 Å². The first-order chi connectivity index (χ1) is 9.72. The number of fused-ring (bicyclic) bond motifs is 1. The molecule has 1 N–H and O–H groups in total. The van der Waals surface area contributed by atoms with Crippen molar-refractivity contribution in [2.45, 2.75) is 25.9 Å². The van der Waals surface area contributed by atoms with Gasteiger partial charge in [0.05, 0.1) is 0 Å². The molecule has 0 saturated heterocycles. The zero-order chi connectivity index (χ0) is 13.9. The van der Waals surface area contributed by atoms with Gasteiger partial charge in [-0.2, -0.15) is 0 Å². The summed E-state index contributed by atoms with van der Waals surface area (Å²) >= 11 is 0. The lowest BCUT2D eigenvalue weighted by Gasteiger charge is -2.06. The average Bonchev–Trinajstić information content (AvgIpc) is 2.89.